The minimum atomic E-state index is -0.341. The molecule has 0 unspecified atom stereocenters. The van der Waals surface area contributed by atoms with Gasteiger partial charge < -0.3 is 14.6 Å². The summed E-state index contributed by atoms with van der Waals surface area (Å²) in [5.74, 6) is 0.386. The Kier molecular flexibility index (Phi) is 3.58. The molecular formula is C17H11N3O4S. The van der Waals surface area contributed by atoms with Crippen LogP contribution < -0.4 is 5.56 Å². The Labute approximate surface area is 144 Å². The van der Waals surface area contributed by atoms with Gasteiger partial charge in [-0.15, -0.1) is 11.3 Å². The molecule has 2 N–H and O–H groups in total. The molecule has 4 aromatic rings. The average Bonchev–Trinajstić information content (AvgIpc) is 3.24. The van der Waals surface area contributed by atoms with Crippen molar-refractivity contribution in [2.75, 3.05) is 0 Å². The standard InChI is InChI=1S/C17H11N3O4S/c21-11-4-3-10(13(22)6-11)7-19-20-9-18-16-15(17(20)23)12(8-25-16)14-2-1-5-24-14/h1-9,21-22H/b19-7+. The van der Waals surface area contributed by atoms with Gasteiger partial charge in [0.2, 0.25) is 0 Å². The smallest absolute Gasteiger partial charge is 0.283 e. The number of nitrogens with zero attached hydrogens (tertiary/aromatic N) is 3. The second kappa shape index (κ2) is 5.91. The molecule has 3 aromatic heterocycles. The monoisotopic (exact) mass is 353 g/mol. The SMILES string of the molecule is O=c1c2c(-c3ccco3)csc2ncn1/N=C/c1ccc(O)cc1O. The number of rotatable bonds is 3. The maximum absolute atomic E-state index is 12.7. The quantitative estimate of drug-likeness (QED) is 0.551. The van der Waals surface area contributed by atoms with E-state index in [1.165, 1.54) is 42.1 Å². The van der Waals surface area contributed by atoms with Crippen LogP contribution in [0.2, 0.25) is 0 Å². The maximum Gasteiger partial charge on any atom is 0.283 e. The lowest BCUT2D eigenvalue weighted by molar-refractivity contribution is 0.450. The Hall–Kier alpha value is -3.39. The normalized spacial score (nSPS) is 11.5. The van der Waals surface area contributed by atoms with Gasteiger partial charge in [-0.1, -0.05) is 0 Å². The van der Waals surface area contributed by atoms with Crippen molar-refractivity contribution in [2.45, 2.75) is 0 Å². The minimum absolute atomic E-state index is 0.0590. The van der Waals surface area contributed by atoms with E-state index in [2.05, 4.69) is 10.1 Å². The molecule has 0 aliphatic rings. The van der Waals surface area contributed by atoms with E-state index in [0.29, 0.717) is 27.1 Å². The number of benzene rings is 1. The van der Waals surface area contributed by atoms with Crippen molar-refractivity contribution in [2.24, 2.45) is 5.10 Å². The molecule has 0 fully saturated rings. The first kappa shape index (κ1) is 15.2. The zero-order valence-corrected chi connectivity index (χ0v) is 13.5. The number of hydrogen-bond acceptors (Lipinski definition) is 7. The highest BCUT2D eigenvalue weighted by Crippen LogP contribution is 2.30. The topological polar surface area (TPSA) is 101 Å². The Morgan fingerprint density at radius 3 is 2.92 bits per heavy atom. The number of aromatic hydroxyl groups is 2. The van der Waals surface area contributed by atoms with Crippen LogP contribution in [0.5, 0.6) is 11.5 Å². The van der Waals surface area contributed by atoms with E-state index >= 15 is 0 Å². The van der Waals surface area contributed by atoms with Gasteiger partial charge in [0.1, 0.15) is 28.4 Å². The molecule has 0 radical (unpaired) electrons. The van der Waals surface area contributed by atoms with Crippen LogP contribution >= 0.6 is 11.3 Å². The fourth-order valence-electron chi connectivity index (χ4n) is 2.38. The summed E-state index contributed by atoms with van der Waals surface area (Å²) >= 11 is 1.35. The second-order valence-corrected chi connectivity index (χ2v) is 6.05. The van der Waals surface area contributed by atoms with Crippen molar-refractivity contribution in [3.63, 3.8) is 0 Å². The number of hydrogen-bond donors (Lipinski definition) is 2. The van der Waals surface area contributed by atoms with Gasteiger partial charge in [0.25, 0.3) is 5.56 Å². The molecule has 3 heterocycles. The van der Waals surface area contributed by atoms with Gasteiger partial charge in [0.05, 0.1) is 17.9 Å². The summed E-state index contributed by atoms with van der Waals surface area (Å²) in [6.07, 6.45) is 4.18. The molecule has 0 aliphatic heterocycles. The highest BCUT2D eigenvalue weighted by Gasteiger charge is 2.14. The highest BCUT2D eigenvalue weighted by molar-refractivity contribution is 7.17. The fraction of sp³-hybridized carbons (Fsp3) is 0. The first-order valence-electron chi connectivity index (χ1n) is 7.22. The van der Waals surface area contributed by atoms with E-state index in [0.717, 1.165) is 4.68 Å². The molecule has 0 atom stereocenters. The van der Waals surface area contributed by atoms with Gasteiger partial charge in [0, 0.05) is 22.6 Å². The molecule has 0 spiro atoms. The van der Waals surface area contributed by atoms with E-state index in [1.54, 1.807) is 18.4 Å². The van der Waals surface area contributed by atoms with Crippen molar-refractivity contribution in [1.29, 1.82) is 0 Å². The molecule has 0 amide bonds. The van der Waals surface area contributed by atoms with Gasteiger partial charge in [0.15, 0.2) is 0 Å². The zero-order valence-electron chi connectivity index (χ0n) is 12.7. The van der Waals surface area contributed by atoms with E-state index in [9.17, 15) is 15.0 Å². The molecule has 8 heteroatoms. The molecular weight excluding hydrogens is 342 g/mol. The summed E-state index contributed by atoms with van der Waals surface area (Å²) in [4.78, 5) is 17.6. The summed E-state index contributed by atoms with van der Waals surface area (Å²) < 4.78 is 6.46. The number of phenols is 2. The van der Waals surface area contributed by atoms with Gasteiger partial charge in [-0.2, -0.15) is 9.78 Å². The first-order chi connectivity index (χ1) is 12.1. The summed E-state index contributed by atoms with van der Waals surface area (Å²) in [6, 6.07) is 7.62. The van der Waals surface area contributed by atoms with Crippen LogP contribution in [0.4, 0.5) is 0 Å². The number of aromatic nitrogens is 2. The summed E-state index contributed by atoms with van der Waals surface area (Å²) in [7, 11) is 0. The van der Waals surface area contributed by atoms with E-state index < -0.39 is 0 Å². The van der Waals surface area contributed by atoms with Crippen molar-refractivity contribution in [3.8, 4) is 22.8 Å². The Morgan fingerprint density at radius 2 is 2.16 bits per heavy atom. The molecule has 7 nitrogen and oxygen atoms in total. The average molecular weight is 353 g/mol. The number of thiophene rings is 1. The van der Waals surface area contributed by atoms with Crippen molar-refractivity contribution in [3.05, 3.63) is 64.2 Å². The minimum Gasteiger partial charge on any atom is -0.508 e. The van der Waals surface area contributed by atoms with Gasteiger partial charge in [-0.3, -0.25) is 4.79 Å². The van der Waals surface area contributed by atoms with Crippen LogP contribution in [-0.4, -0.2) is 26.1 Å². The van der Waals surface area contributed by atoms with Gasteiger partial charge >= 0.3 is 0 Å². The van der Waals surface area contributed by atoms with E-state index in [4.69, 9.17) is 4.42 Å². The molecule has 0 saturated carbocycles. The molecule has 25 heavy (non-hydrogen) atoms. The third-order valence-electron chi connectivity index (χ3n) is 3.60. The zero-order chi connectivity index (χ0) is 17.4. The van der Waals surface area contributed by atoms with E-state index in [-0.39, 0.29) is 17.1 Å². The lowest BCUT2D eigenvalue weighted by Crippen LogP contribution is -2.16. The Morgan fingerprint density at radius 1 is 1.28 bits per heavy atom. The van der Waals surface area contributed by atoms with Crippen LogP contribution in [0.1, 0.15) is 5.56 Å². The summed E-state index contributed by atoms with van der Waals surface area (Å²) in [5, 5.41) is 25.4. The Balaban J connectivity index is 1.81. The van der Waals surface area contributed by atoms with Crippen molar-refractivity contribution >= 4 is 27.8 Å². The molecule has 0 bridgehead atoms. The predicted molar refractivity (Wildman–Crippen MR) is 94.3 cm³/mol. The lowest BCUT2D eigenvalue weighted by atomic mass is 10.2. The molecule has 0 saturated heterocycles. The maximum atomic E-state index is 12.7. The molecule has 124 valence electrons. The van der Waals surface area contributed by atoms with Gasteiger partial charge in [-0.05, 0) is 24.3 Å². The number of fused-ring (bicyclic) bond motifs is 1. The molecule has 4 rings (SSSR count). The summed E-state index contributed by atoms with van der Waals surface area (Å²) in [6.45, 7) is 0. The van der Waals surface area contributed by atoms with Crippen LogP contribution in [0.15, 0.2) is 62.6 Å². The van der Waals surface area contributed by atoms with Crippen LogP contribution in [0.25, 0.3) is 21.5 Å². The number of furan rings is 1. The summed E-state index contributed by atoms with van der Waals surface area (Å²) in [5.41, 5.74) is 0.688. The van der Waals surface area contributed by atoms with Crippen LogP contribution in [0, 0.1) is 0 Å². The predicted octanol–water partition coefficient (Wildman–Crippen LogP) is 3.01. The third-order valence-corrected chi connectivity index (χ3v) is 4.49. The molecule has 0 aliphatic carbocycles. The van der Waals surface area contributed by atoms with Crippen LogP contribution in [-0.2, 0) is 0 Å². The van der Waals surface area contributed by atoms with Crippen LogP contribution in [0.3, 0.4) is 0 Å². The highest BCUT2D eigenvalue weighted by atomic mass is 32.1. The van der Waals surface area contributed by atoms with Crippen molar-refractivity contribution < 1.29 is 14.6 Å². The molecule has 1 aromatic carbocycles. The van der Waals surface area contributed by atoms with E-state index in [1.807, 2.05) is 5.38 Å². The largest absolute Gasteiger partial charge is 0.508 e. The fourth-order valence-corrected chi connectivity index (χ4v) is 3.27. The van der Waals surface area contributed by atoms with Crippen molar-refractivity contribution in [1.82, 2.24) is 9.66 Å². The Bertz CT molecular complexity index is 1140. The first-order valence-corrected chi connectivity index (χ1v) is 8.10. The number of phenolic OH excluding ortho intramolecular Hbond substituents is 2. The third kappa shape index (κ3) is 2.68. The van der Waals surface area contributed by atoms with Gasteiger partial charge in [-0.25, -0.2) is 4.98 Å². The lowest BCUT2D eigenvalue weighted by Gasteiger charge is -2.01. The second-order valence-electron chi connectivity index (χ2n) is 5.19.